The zero-order chi connectivity index (χ0) is 14.4. The van der Waals surface area contributed by atoms with Crippen LogP contribution in [0, 0.1) is 6.92 Å². The van der Waals surface area contributed by atoms with Crippen LogP contribution in [-0.4, -0.2) is 14.2 Å². The molecule has 0 aliphatic carbocycles. The highest BCUT2D eigenvalue weighted by molar-refractivity contribution is 5.85. The van der Waals surface area contributed by atoms with E-state index in [1.54, 1.807) is 7.11 Å². The second-order valence-corrected chi connectivity index (χ2v) is 4.73. The van der Waals surface area contributed by atoms with Crippen molar-refractivity contribution in [3.8, 4) is 11.5 Å². The van der Waals surface area contributed by atoms with Crippen molar-refractivity contribution in [2.75, 3.05) is 14.2 Å². The summed E-state index contributed by atoms with van der Waals surface area (Å²) in [5.74, 6) is 1.54. The SMILES string of the molecule is CNCc1ccc(OCc2ccccc2C)c(OC)c1.Cl. The molecule has 0 fully saturated rings. The van der Waals surface area contributed by atoms with Crippen LogP contribution in [0.25, 0.3) is 0 Å². The van der Waals surface area contributed by atoms with E-state index in [9.17, 15) is 0 Å². The molecule has 0 radical (unpaired) electrons. The van der Waals surface area contributed by atoms with Crippen molar-refractivity contribution in [2.24, 2.45) is 0 Å². The van der Waals surface area contributed by atoms with Gasteiger partial charge in [-0.05, 0) is 42.8 Å². The van der Waals surface area contributed by atoms with E-state index in [1.165, 1.54) is 16.7 Å². The normalized spacial score (nSPS) is 9.86. The Morgan fingerprint density at radius 1 is 1.05 bits per heavy atom. The first kappa shape index (κ1) is 17.3. The van der Waals surface area contributed by atoms with Gasteiger partial charge in [0, 0.05) is 6.54 Å². The molecular weight excluding hydrogens is 286 g/mol. The number of nitrogens with one attached hydrogen (secondary N) is 1. The van der Waals surface area contributed by atoms with E-state index in [4.69, 9.17) is 9.47 Å². The average Bonchev–Trinajstić information content (AvgIpc) is 2.47. The second-order valence-electron chi connectivity index (χ2n) is 4.73. The minimum Gasteiger partial charge on any atom is -0.493 e. The van der Waals surface area contributed by atoms with Gasteiger partial charge in [-0.15, -0.1) is 12.4 Å². The van der Waals surface area contributed by atoms with Crippen molar-refractivity contribution in [2.45, 2.75) is 20.1 Å². The fraction of sp³-hybridized carbons (Fsp3) is 0.294. The summed E-state index contributed by atoms with van der Waals surface area (Å²) in [5.41, 5.74) is 3.60. The summed E-state index contributed by atoms with van der Waals surface area (Å²) in [5, 5.41) is 3.12. The molecule has 0 saturated carbocycles. The number of ether oxygens (including phenoxy) is 2. The molecule has 114 valence electrons. The van der Waals surface area contributed by atoms with Crippen molar-refractivity contribution >= 4 is 12.4 Å². The Morgan fingerprint density at radius 3 is 2.48 bits per heavy atom. The standard InChI is InChI=1S/C17H21NO2.ClH/c1-13-6-4-5-7-15(13)12-20-16-9-8-14(11-18-2)10-17(16)19-3;/h4-10,18H,11-12H2,1-3H3;1H. The van der Waals surface area contributed by atoms with Gasteiger partial charge >= 0.3 is 0 Å². The van der Waals surface area contributed by atoms with E-state index in [-0.39, 0.29) is 12.4 Å². The van der Waals surface area contributed by atoms with Crippen molar-refractivity contribution in [1.29, 1.82) is 0 Å². The smallest absolute Gasteiger partial charge is 0.161 e. The molecule has 2 aromatic rings. The lowest BCUT2D eigenvalue weighted by atomic mass is 10.1. The van der Waals surface area contributed by atoms with Crippen molar-refractivity contribution < 1.29 is 9.47 Å². The molecule has 2 rings (SSSR count). The monoisotopic (exact) mass is 307 g/mol. The number of hydrogen-bond donors (Lipinski definition) is 1. The van der Waals surface area contributed by atoms with Gasteiger partial charge in [-0.3, -0.25) is 0 Å². The topological polar surface area (TPSA) is 30.5 Å². The summed E-state index contributed by atoms with van der Waals surface area (Å²) in [6.45, 7) is 3.45. The molecule has 0 bridgehead atoms. The number of benzene rings is 2. The van der Waals surface area contributed by atoms with Crippen molar-refractivity contribution in [1.82, 2.24) is 5.32 Å². The van der Waals surface area contributed by atoms with Gasteiger partial charge in [0.25, 0.3) is 0 Å². The molecule has 0 aromatic heterocycles. The third kappa shape index (κ3) is 4.66. The lowest BCUT2D eigenvalue weighted by Gasteiger charge is -2.13. The maximum absolute atomic E-state index is 5.88. The third-order valence-corrected chi connectivity index (χ3v) is 3.25. The molecule has 0 spiro atoms. The Labute approximate surface area is 132 Å². The van der Waals surface area contributed by atoms with Gasteiger partial charge in [0.15, 0.2) is 11.5 Å². The van der Waals surface area contributed by atoms with Gasteiger partial charge in [-0.1, -0.05) is 30.3 Å². The molecule has 4 heteroatoms. The molecule has 2 aromatic carbocycles. The lowest BCUT2D eigenvalue weighted by Crippen LogP contribution is -2.05. The van der Waals surface area contributed by atoms with Crippen LogP contribution in [0.5, 0.6) is 11.5 Å². The summed E-state index contributed by atoms with van der Waals surface area (Å²) in [6.07, 6.45) is 0. The summed E-state index contributed by atoms with van der Waals surface area (Å²) in [6, 6.07) is 14.2. The summed E-state index contributed by atoms with van der Waals surface area (Å²) in [7, 11) is 3.59. The van der Waals surface area contributed by atoms with E-state index in [1.807, 2.05) is 37.4 Å². The minimum absolute atomic E-state index is 0. The van der Waals surface area contributed by atoms with E-state index in [0.717, 1.165) is 18.0 Å². The molecule has 0 heterocycles. The zero-order valence-corrected chi connectivity index (χ0v) is 13.5. The fourth-order valence-electron chi connectivity index (χ4n) is 2.07. The third-order valence-electron chi connectivity index (χ3n) is 3.25. The van der Waals surface area contributed by atoms with Crippen LogP contribution in [0.3, 0.4) is 0 Å². The first-order chi connectivity index (χ1) is 9.74. The number of halogens is 1. The minimum atomic E-state index is 0. The molecule has 21 heavy (non-hydrogen) atoms. The van der Waals surface area contributed by atoms with Gasteiger partial charge in [0.2, 0.25) is 0 Å². The largest absolute Gasteiger partial charge is 0.493 e. The molecule has 0 unspecified atom stereocenters. The first-order valence-electron chi connectivity index (χ1n) is 6.73. The molecule has 0 atom stereocenters. The number of rotatable bonds is 6. The van der Waals surface area contributed by atoms with Gasteiger partial charge in [0.1, 0.15) is 6.61 Å². The maximum atomic E-state index is 5.88. The van der Waals surface area contributed by atoms with E-state index in [0.29, 0.717) is 6.61 Å². The highest BCUT2D eigenvalue weighted by Crippen LogP contribution is 2.29. The Balaban J connectivity index is 0.00000220. The van der Waals surface area contributed by atoms with E-state index in [2.05, 4.69) is 24.4 Å². The Hall–Kier alpha value is -1.71. The quantitative estimate of drug-likeness (QED) is 0.882. The van der Waals surface area contributed by atoms with E-state index < -0.39 is 0 Å². The van der Waals surface area contributed by atoms with Crippen LogP contribution in [-0.2, 0) is 13.2 Å². The molecule has 0 amide bonds. The van der Waals surface area contributed by atoms with Crippen LogP contribution < -0.4 is 14.8 Å². The van der Waals surface area contributed by atoms with Gasteiger partial charge < -0.3 is 14.8 Å². The second kappa shape index (κ2) is 8.55. The molecular formula is C17H22ClNO2. The zero-order valence-electron chi connectivity index (χ0n) is 12.7. The lowest BCUT2D eigenvalue weighted by molar-refractivity contribution is 0.283. The predicted octanol–water partition coefficient (Wildman–Crippen LogP) is 3.72. The van der Waals surface area contributed by atoms with Crippen LogP contribution in [0.4, 0.5) is 0 Å². The molecule has 1 N–H and O–H groups in total. The van der Waals surface area contributed by atoms with Crippen molar-refractivity contribution in [3.63, 3.8) is 0 Å². The molecule has 0 aliphatic rings. The summed E-state index contributed by atoms with van der Waals surface area (Å²) >= 11 is 0. The number of methoxy groups -OCH3 is 1. The molecule has 0 aliphatic heterocycles. The van der Waals surface area contributed by atoms with Crippen molar-refractivity contribution in [3.05, 3.63) is 59.2 Å². The Bertz CT molecular complexity index is 572. The van der Waals surface area contributed by atoms with Crippen LogP contribution in [0.15, 0.2) is 42.5 Å². The van der Waals surface area contributed by atoms with Crippen LogP contribution >= 0.6 is 12.4 Å². The number of aryl methyl sites for hydroxylation is 1. The van der Waals surface area contributed by atoms with Crippen LogP contribution in [0.1, 0.15) is 16.7 Å². The molecule has 3 nitrogen and oxygen atoms in total. The average molecular weight is 308 g/mol. The van der Waals surface area contributed by atoms with Crippen LogP contribution in [0.2, 0.25) is 0 Å². The summed E-state index contributed by atoms with van der Waals surface area (Å²) in [4.78, 5) is 0. The Morgan fingerprint density at radius 2 is 1.81 bits per heavy atom. The van der Waals surface area contributed by atoms with Gasteiger partial charge in [0.05, 0.1) is 7.11 Å². The van der Waals surface area contributed by atoms with E-state index >= 15 is 0 Å². The Kier molecular flexibility index (Phi) is 7.06. The van der Waals surface area contributed by atoms with Gasteiger partial charge in [-0.2, -0.15) is 0 Å². The number of hydrogen-bond acceptors (Lipinski definition) is 3. The maximum Gasteiger partial charge on any atom is 0.161 e. The molecule has 0 saturated heterocycles. The summed E-state index contributed by atoms with van der Waals surface area (Å²) < 4.78 is 11.3. The highest BCUT2D eigenvalue weighted by atomic mass is 35.5. The van der Waals surface area contributed by atoms with Gasteiger partial charge in [-0.25, -0.2) is 0 Å². The first-order valence-corrected chi connectivity index (χ1v) is 6.73. The predicted molar refractivity (Wildman–Crippen MR) is 88.5 cm³/mol. The highest BCUT2D eigenvalue weighted by Gasteiger charge is 2.06. The fourth-order valence-corrected chi connectivity index (χ4v) is 2.07.